The maximum absolute atomic E-state index is 11.5. The standard InChI is InChI=1S/C16H20N2O/c1-11(2)9-15(16(17)19)18-14-8-7-12-5-3-4-6-13(12)10-14/h3-8,10-11,15,18H,9H2,1-2H3,(H2,17,19). The van der Waals surface area contributed by atoms with E-state index in [2.05, 4.69) is 31.3 Å². The van der Waals surface area contributed by atoms with E-state index in [-0.39, 0.29) is 11.9 Å². The van der Waals surface area contributed by atoms with Crippen LogP contribution < -0.4 is 11.1 Å². The van der Waals surface area contributed by atoms with Gasteiger partial charge in [0.1, 0.15) is 6.04 Å². The third-order valence-electron chi connectivity index (χ3n) is 3.14. The lowest BCUT2D eigenvalue weighted by atomic mass is 10.0. The van der Waals surface area contributed by atoms with Crippen LogP contribution >= 0.6 is 0 Å². The highest BCUT2D eigenvalue weighted by Crippen LogP contribution is 2.20. The molecule has 0 saturated carbocycles. The van der Waals surface area contributed by atoms with E-state index in [1.54, 1.807) is 0 Å². The molecule has 0 spiro atoms. The molecule has 0 heterocycles. The lowest BCUT2D eigenvalue weighted by Gasteiger charge is -2.18. The fourth-order valence-electron chi connectivity index (χ4n) is 2.20. The molecule has 100 valence electrons. The molecule has 0 saturated heterocycles. The Morgan fingerprint density at radius 3 is 2.47 bits per heavy atom. The Morgan fingerprint density at radius 1 is 1.16 bits per heavy atom. The van der Waals surface area contributed by atoms with Crippen LogP contribution in [-0.2, 0) is 4.79 Å². The van der Waals surface area contributed by atoms with Gasteiger partial charge in [0.15, 0.2) is 0 Å². The Balaban J connectivity index is 2.21. The summed E-state index contributed by atoms with van der Waals surface area (Å²) in [6.07, 6.45) is 0.738. The Morgan fingerprint density at radius 2 is 1.84 bits per heavy atom. The number of hydrogen-bond donors (Lipinski definition) is 2. The molecule has 19 heavy (non-hydrogen) atoms. The van der Waals surface area contributed by atoms with Crippen molar-refractivity contribution in [3.05, 3.63) is 42.5 Å². The van der Waals surface area contributed by atoms with E-state index in [0.717, 1.165) is 17.5 Å². The summed E-state index contributed by atoms with van der Waals surface area (Å²) in [4.78, 5) is 11.5. The Bertz CT molecular complexity index is 578. The third-order valence-corrected chi connectivity index (χ3v) is 3.14. The van der Waals surface area contributed by atoms with Crippen molar-refractivity contribution in [1.29, 1.82) is 0 Å². The lowest BCUT2D eigenvalue weighted by molar-refractivity contribution is -0.119. The molecule has 0 aromatic heterocycles. The topological polar surface area (TPSA) is 55.1 Å². The quantitative estimate of drug-likeness (QED) is 0.863. The van der Waals surface area contributed by atoms with Gasteiger partial charge in [-0.25, -0.2) is 0 Å². The highest BCUT2D eigenvalue weighted by atomic mass is 16.1. The van der Waals surface area contributed by atoms with E-state index >= 15 is 0 Å². The van der Waals surface area contributed by atoms with Gasteiger partial charge in [-0.15, -0.1) is 0 Å². The number of hydrogen-bond acceptors (Lipinski definition) is 2. The van der Waals surface area contributed by atoms with Crippen molar-refractivity contribution in [2.75, 3.05) is 5.32 Å². The number of amides is 1. The van der Waals surface area contributed by atoms with Crippen LogP contribution in [0.1, 0.15) is 20.3 Å². The maximum Gasteiger partial charge on any atom is 0.239 e. The number of carbonyl (C=O) groups is 1. The van der Waals surface area contributed by atoms with Gasteiger partial charge in [-0.3, -0.25) is 4.79 Å². The van der Waals surface area contributed by atoms with Gasteiger partial charge < -0.3 is 11.1 Å². The number of carbonyl (C=O) groups excluding carboxylic acids is 1. The molecule has 0 radical (unpaired) electrons. The van der Waals surface area contributed by atoms with Crippen LogP contribution in [0, 0.1) is 5.92 Å². The molecule has 0 bridgehead atoms. The van der Waals surface area contributed by atoms with Crippen LogP contribution in [0.15, 0.2) is 42.5 Å². The maximum atomic E-state index is 11.5. The Hall–Kier alpha value is -2.03. The minimum Gasteiger partial charge on any atom is -0.374 e. The van der Waals surface area contributed by atoms with Crippen LogP contribution in [0.25, 0.3) is 10.8 Å². The Labute approximate surface area is 113 Å². The highest BCUT2D eigenvalue weighted by Gasteiger charge is 2.16. The van der Waals surface area contributed by atoms with Gasteiger partial charge in [0, 0.05) is 5.69 Å². The minimum atomic E-state index is -0.318. The van der Waals surface area contributed by atoms with Gasteiger partial charge in [-0.05, 0) is 35.2 Å². The third kappa shape index (κ3) is 3.47. The first-order valence-corrected chi connectivity index (χ1v) is 6.61. The number of anilines is 1. The summed E-state index contributed by atoms with van der Waals surface area (Å²) in [6.45, 7) is 4.16. The summed E-state index contributed by atoms with van der Waals surface area (Å²) in [5.41, 5.74) is 6.38. The normalized spacial score (nSPS) is 12.6. The fraction of sp³-hybridized carbons (Fsp3) is 0.312. The zero-order chi connectivity index (χ0) is 13.8. The summed E-state index contributed by atoms with van der Waals surface area (Å²) in [7, 11) is 0. The molecule has 2 aromatic rings. The summed E-state index contributed by atoms with van der Waals surface area (Å²) in [5.74, 6) is 0.118. The predicted octanol–water partition coefficient (Wildman–Crippen LogP) is 3.15. The lowest BCUT2D eigenvalue weighted by Crippen LogP contribution is -2.36. The first kappa shape index (κ1) is 13.4. The molecule has 0 fully saturated rings. The molecule has 0 aliphatic carbocycles. The van der Waals surface area contributed by atoms with E-state index in [1.165, 1.54) is 5.39 Å². The second kappa shape index (κ2) is 5.74. The second-order valence-corrected chi connectivity index (χ2v) is 5.29. The number of nitrogens with two attached hydrogens (primary N) is 1. The van der Waals surface area contributed by atoms with Crippen LogP contribution in [0.5, 0.6) is 0 Å². The van der Waals surface area contributed by atoms with Gasteiger partial charge >= 0.3 is 0 Å². The zero-order valence-electron chi connectivity index (χ0n) is 11.4. The average Bonchev–Trinajstić information content (AvgIpc) is 2.37. The number of primary amides is 1. The van der Waals surface area contributed by atoms with Crippen molar-refractivity contribution in [3.63, 3.8) is 0 Å². The SMILES string of the molecule is CC(C)CC(Nc1ccc2ccccc2c1)C(N)=O. The second-order valence-electron chi connectivity index (χ2n) is 5.29. The van der Waals surface area contributed by atoms with Crippen LogP contribution in [0.3, 0.4) is 0 Å². The zero-order valence-corrected chi connectivity index (χ0v) is 11.4. The van der Waals surface area contributed by atoms with Crippen molar-refractivity contribution in [1.82, 2.24) is 0 Å². The van der Waals surface area contributed by atoms with Crippen molar-refractivity contribution in [2.45, 2.75) is 26.3 Å². The van der Waals surface area contributed by atoms with Gasteiger partial charge in [-0.1, -0.05) is 44.2 Å². The average molecular weight is 256 g/mol. The van der Waals surface area contributed by atoms with Gasteiger partial charge in [0.25, 0.3) is 0 Å². The van der Waals surface area contributed by atoms with Crippen LogP contribution in [-0.4, -0.2) is 11.9 Å². The van der Waals surface area contributed by atoms with E-state index in [9.17, 15) is 4.79 Å². The molecule has 3 N–H and O–H groups in total. The first-order valence-electron chi connectivity index (χ1n) is 6.61. The largest absolute Gasteiger partial charge is 0.374 e. The van der Waals surface area contributed by atoms with E-state index in [1.807, 2.05) is 30.3 Å². The minimum absolute atomic E-state index is 0.304. The van der Waals surface area contributed by atoms with E-state index < -0.39 is 0 Å². The predicted molar refractivity (Wildman–Crippen MR) is 80.0 cm³/mol. The molecule has 1 atom stereocenters. The number of rotatable bonds is 5. The number of nitrogens with one attached hydrogen (secondary N) is 1. The summed E-state index contributed by atoms with van der Waals surface area (Å²) < 4.78 is 0. The molecule has 1 unspecified atom stereocenters. The van der Waals surface area contributed by atoms with Crippen LogP contribution in [0.2, 0.25) is 0 Å². The van der Waals surface area contributed by atoms with Gasteiger partial charge in [0.2, 0.25) is 5.91 Å². The molecule has 3 nitrogen and oxygen atoms in total. The summed E-state index contributed by atoms with van der Waals surface area (Å²) in [6, 6.07) is 13.9. The number of fused-ring (bicyclic) bond motifs is 1. The fourth-order valence-corrected chi connectivity index (χ4v) is 2.20. The molecular weight excluding hydrogens is 236 g/mol. The molecule has 2 aromatic carbocycles. The van der Waals surface area contributed by atoms with Crippen molar-refractivity contribution < 1.29 is 4.79 Å². The van der Waals surface area contributed by atoms with Gasteiger partial charge in [0.05, 0.1) is 0 Å². The highest BCUT2D eigenvalue weighted by molar-refractivity contribution is 5.87. The van der Waals surface area contributed by atoms with Crippen molar-refractivity contribution >= 4 is 22.4 Å². The summed E-state index contributed by atoms with van der Waals surface area (Å²) in [5, 5.41) is 5.57. The van der Waals surface area contributed by atoms with Gasteiger partial charge in [-0.2, -0.15) is 0 Å². The molecule has 3 heteroatoms. The smallest absolute Gasteiger partial charge is 0.239 e. The molecule has 0 aliphatic heterocycles. The van der Waals surface area contributed by atoms with Crippen molar-refractivity contribution in [3.8, 4) is 0 Å². The summed E-state index contributed by atoms with van der Waals surface area (Å²) >= 11 is 0. The van der Waals surface area contributed by atoms with E-state index in [0.29, 0.717) is 5.92 Å². The Kier molecular flexibility index (Phi) is 4.05. The number of benzene rings is 2. The first-order chi connectivity index (χ1) is 9.06. The molecule has 1 amide bonds. The van der Waals surface area contributed by atoms with Crippen molar-refractivity contribution in [2.24, 2.45) is 11.7 Å². The molecular formula is C16H20N2O. The van der Waals surface area contributed by atoms with E-state index in [4.69, 9.17) is 5.73 Å². The van der Waals surface area contributed by atoms with Crippen LogP contribution in [0.4, 0.5) is 5.69 Å². The molecule has 2 rings (SSSR count). The monoisotopic (exact) mass is 256 g/mol. The molecule has 0 aliphatic rings.